The average molecular weight is 507 g/mol. The van der Waals surface area contributed by atoms with Crippen LogP contribution in [-0.2, 0) is 9.53 Å². The number of allylic oxidation sites excluding steroid dienone is 2. The van der Waals surface area contributed by atoms with E-state index in [4.69, 9.17) is 16.3 Å². The summed E-state index contributed by atoms with van der Waals surface area (Å²) in [6.45, 7) is 15.8. The van der Waals surface area contributed by atoms with Crippen molar-refractivity contribution in [1.82, 2.24) is 0 Å². The third kappa shape index (κ3) is 4.53. The Hall–Kier alpha value is -0.540. The summed E-state index contributed by atoms with van der Waals surface area (Å²) in [6, 6.07) is 0. The van der Waals surface area contributed by atoms with Gasteiger partial charge in [0.25, 0.3) is 0 Å². The molecule has 0 heterocycles. The van der Waals surface area contributed by atoms with Crippen LogP contribution < -0.4 is 0 Å². The first-order valence-corrected chi connectivity index (χ1v) is 15.0. The molecule has 0 spiro atoms. The van der Waals surface area contributed by atoms with Gasteiger partial charge >= 0.3 is 5.97 Å². The maximum absolute atomic E-state index is 12.0. The molecule has 0 unspecified atom stereocenters. The molecule has 0 radical (unpaired) electrons. The van der Waals surface area contributed by atoms with E-state index in [1.54, 1.807) is 0 Å². The smallest absolute Gasteiger partial charge is 0.302 e. The molecule has 0 saturated heterocycles. The molecule has 0 bridgehead atoms. The largest absolute Gasteiger partial charge is 0.462 e. The number of halogens is 1. The Kier molecular flexibility index (Phi) is 7.83. The zero-order valence-corrected chi connectivity index (χ0v) is 24.1. The van der Waals surface area contributed by atoms with Crippen LogP contribution in [0.4, 0.5) is 0 Å². The predicted octanol–water partition coefficient (Wildman–Crippen LogP) is 7.78. The van der Waals surface area contributed by atoms with E-state index >= 15 is 0 Å². The molecule has 35 heavy (non-hydrogen) atoms. The maximum atomic E-state index is 12.0. The van der Waals surface area contributed by atoms with Crippen molar-refractivity contribution >= 4 is 17.6 Å². The highest BCUT2D eigenvalue weighted by molar-refractivity contribution is 6.21. The Morgan fingerprint density at radius 3 is 2.43 bits per heavy atom. The number of alkyl halides is 1. The number of rotatable bonds is 6. The predicted molar refractivity (Wildman–Crippen MR) is 144 cm³/mol. The fourth-order valence-electron chi connectivity index (χ4n) is 9.71. The van der Waals surface area contributed by atoms with E-state index < -0.39 is 5.60 Å². The molecule has 0 aromatic heterocycles. The molecule has 4 aliphatic carbocycles. The lowest BCUT2D eigenvalue weighted by Gasteiger charge is -2.65. The van der Waals surface area contributed by atoms with E-state index in [2.05, 4.69) is 53.7 Å². The lowest BCUT2D eigenvalue weighted by molar-refractivity contribution is -0.221. The van der Waals surface area contributed by atoms with Crippen LogP contribution in [0.25, 0.3) is 0 Å². The van der Waals surface area contributed by atoms with Gasteiger partial charge in [0.15, 0.2) is 0 Å². The van der Waals surface area contributed by atoms with E-state index in [-0.39, 0.29) is 22.9 Å². The lowest BCUT2D eigenvalue weighted by atomic mass is 9.43. The molecule has 0 aromatic rings. The fraction of sp³-hybridized carbons (Fsp3) is 0.903. The van der Waals surface area contributed by atoms with Crippen molar-refractivity contribution < 1.29 is 14.6 Å². The normalized spacial score (nSPS) is 47.1. The van der Waals surface area contributed by atoms with Crippen LogP contribution in [0.2, 0.25) is 0 Å². The molecule has 0 aromatic carbocycles. The second-order valence-electron chi connectivity index (χ2n) is 13.7. The number of hydrogen-bond acceptors (Lipinski definition) is 3. The molecule has 4 aliphatic rings. The Balaban J connectivity index is 1.54. The minimum atomic E-state index is -0.956. The molecule has 0 aliphatic heterocycles. The van der Waals surface area contributed by atoms with Crippen LogP contribution in [0.5, 0.6) is 0 Å². The topological polar surface area (TPSA) is 46.5 Å². The van der Waals surface area contributed by atoms with E-state index in [0.717, 1.165) is 25.2 Å². The van der Waals surface area contributed by atoms with E-state index in [0.29, 0.717) is 47.3 Å². The molecule has 3 nitrogen and oxygen atoms in total. The molecule has 11 atom stereocenters. The Labute approximate surface area is 219 Å². The Bertz CT molecular complexity index is 809. The number of ether oxygens (including phenoxy) is 1. The molecule has 200 valence electrons. The van der Waals surface area contributed by atoms with Crippen LogP contribution in [0.1, 0.15) is 106 Å². The summed E-state index contributed by atoms with van der Waals surface area (Å²) in [5.74, 6) is 4.25. The highest BCUT2D eigenvalue weighted by Gasteiger charge is 2.67. The number of carbonyl (C=O) groups is 1. The Morgan fingerprint density at radius 2 is 1.80 bits per heavy atom. The number of aliphatic hydroxyl groups is 1. The van der Waals surface area contributed by atoms with Crippen LogP contribution in [0.3, 0.4) is 0 Å². The van der Waals surface area contributed by atoms with Crippen molar-refractivity contribution in [2.24, 2.45) is 52.3 Å². The van der Waals surface area contributed by atoms with Crippen LogP contribution in [-0.4, -0.2) is 28.2 Å². The quantitative estimate of drug-likeness (QED) is 0.227. The van der Waals surface area contributed by atoms with Crippen molar-refractivity contribution in [2.45, 2.75) is 123 Å². The van der Waals surface area contributed by atoms with Gasteiger partial charge in [-0.1, -0.05) is 53.7 Å². The van der Waals surface area contributed by atoms with Crippen molar-refractivity contribution in [3.05, 3.63) is 12.2 Å². The zero-order chi connectivity index (χ0) is 25.8. The van der Waals surface area contributed by atoms with Gasteiger partial charge in [-0.05, 0) is 98.2 Å². The molecule has 4 rings (SSSR count). The second kappa shape index (κ2) is 9.97. The summed E-state index contributed by atoms with van der Waals surface area (Å²) >= 11 is 7.11. The zero-order valence-electron chi connectivity index (χ0n) is 23.4. The second-order valence-corrected chi connectivity index (χ2v) is 14.2. The Morgan fingerprint density at radius 1 is 1.09 bits per heavy atom. The monoisotopic (exact) mass is 506 g/mol. The number of carbonyl (C=O) groups excluding carboxylic acids is 1. The first-order valence-electron chi connectivity index (χ1n) is 14.6. The van der Waals surface area contributed by atoms with Gasteiger partial charge < -0.3 is 9.84 Å². The number of hydrogen-bond donors (Lipinski definition) is 1. The molecule has 4 fully saturated rings. The first kappa shape index (κ1) is 27.5. The van der Waals surface area contributed by atoms with E-state index in [1.807, 2.05) is 0 Å². The van der Waals surface area contributed by atoms with Gasteiger partial charge in [0, 0.05) is 18.8 Å². The van der Waals surface area contributed by atoms with E-state index in [1.165, 1.54) is 39.0 Å². The molecular formula is C31H51ClO3. The average Bonchev–Trinajstić information content (AvgIpc) is 3.13. The summed E-state index contributed by atoms with van der Waals surface area (Å²) in [5, 5.41) is 11.8. The third-order valence-electron chi connectivity index (χ3n) is 11.8. The van der Waals surface area contributed by atoms with Crippen molar-refractivity contribution in [3.63, 3.8) is 0 Å². The molecule has 0 amide bonds. The van der Waals surface area contributed by atoms with Gasteiger partial charge in [0.2, 0.25) is 0 Å². The van der Waals surface area contributed by atoms with E-state index in [9.17, 15) is 9.90 Å². The SMILES string of the molecule is CC[C@@H](/C=C/[C@@H](C)[C@H]1CC[C@H]2[C@@H]3C[C@@H](Cl)[C@@]4(O)C[C@@H](OC(C)=O)CC[C@]4(C)[C@H]3CC[C@]12C)C(C)C. The van der Waals surface area contributed by atoms with Crippen LogP contribution in [0, 0.1) is 52.3 Å². The van der Waals surface area contributed by atoms with Gasteiger partial charge in [-0.15, -0.1) is 11.6 Å². The minimum absolute atomic E-state index is 0.199. The van der Waals surface area contributed by atoms with Crippen molar-refractivity contribution in [2.75, 3.05) is 0 Å². The third-order valence-corrected chi connectivity index (χ3v) is 12.3. The van der Waals surface area contributed by atoms with Crippen molar-refractivity contribution in [3.8, 4) is 0 Å². The maximum Gasteiger partial charge on any atom is 0.302 e. The molecular weight excluding hydrogens is 456 g/mol. The molecule has 1 N–H and O–H groups in total. The van der Waals surface area contributed by atoms with Crippen LogP contribution in [0.15, 0.2) is 12.2 Å². The first-order chi connectivity index (χ1) is 16.4. The fourth-order valence-corrected chi connectivity index (χ4v) is 10.3. The van der Waals surface area contributed by atoms with Gasteiger partial charge in [0.1, 0.15) is 6.10 Å². The minimum Gasteiger partial charge on any atom is -0.462 e. The van der Waals surface area contributed by atoms with Gasteiger partial charge in [-0.3, -0.25) is 4.79 Å². The summed E-state index contributed by atoms with van der Waals surface area (Å²) < 4.78 is 5.56. The van der Waals surface area contributed by atoms with Crippen LogP contribution >= 0.6 is 11.6 Å². The van der Waals surface area contributed by atoms with Gasteiger partial charge in [-0.25, -0.2) is 0 Å². The summed E-state index contributed by atoms with van der Waals surface area (Å²) in [4.78, 5) is 11.6. The summed E-state index contributed by atoms with van der Waals surface area (Å²) in [5.41, 5.74) is -0.792. The molecule has 4 heteroatoms. The molecule has 4 saturated carbocycles. The van der Waals surface area contributed by atoms with Crippen molar-refractivity contribution in [1.29, 1.82) is 0 Å². The summed E-state index contributed by atoms with van der Waals surface area (Å²) in [7, 11) is 0. The highest BCUT2D eigenvalue weighted by atomic mass is 35.5. The summed E-state index contributed by atoms with van der Waals surface area (Å²) in [6.07, 6.45) is 14.2. The van der Waals surface area contributed by atoms with Gasteiger partial charge in [-0.2, -0.15) is 0 Å². The van der Waals surface area contributed by atoms with Gasteiger partial charge in [0.05, 0.1) is 11.0 Å². The highest BCUT2D eigenvalue weighted by Crippen LogP contribution is 2.69. The lowest BCUT2D eigenvalue weighted by Crippen LogP contribution is -2.67. The number of esters is 1. The number of fused-ring (bicyclic) bond motifs is 5. The standard InChI is InChI=1S/C31H51ClO3/c1-8-22(19(2)3)10-9-20(4)25-11-12-26-24-17-28(32)31(34)18-23(35-21(5)33)13-16-30(31,7)27(24)14-15-29(25,26)6/h9-10,19-20,22-28,34H,8,11-18H2,1-7H3/b10-9+/t20-,22+,23+,24+,25-,26+,27+,28-,29-,30-,31+/m1/s1.